The minimum Gasteiger partial charge on any atom is -0.496 e. The lowest BCUT2D eigenvalue weighted by Crippen LogP contribution is -2.16. The van der Waals surface area contributed by atoms with Gasteiger partial charge in [-0.2, -0.15) is 0 Å². The number of hydrogen-bond acceptors (Lipinski definition) is 3. The highest BCUT2D eigenvalue weighted by atomic mass is 16.5. The molecular formula is C21H26O4. The summed E-state index contributed by atoms with van der Waals surface area (Å²) in [5, 5.41) is 9.76. The number of aryl methyl sites for hydroxylation is 1. The first kappa shape index (κ1) is 18.8. The molecule has 0 saturated heterocycles. The van der Waals surface area contributed by atoms with Crippen molar-refractivity contribution in [1.29, 1.82) is 0 Å². The number of carboxylic acid groups (broad SMARTS) is 1. The molecule has 0 heterocycles. The molecule has 1 atom stereocenters. The number of rotatable bonds is 8. The van der Waals surface area contributed by atoms with Gasteiger partial charge in [0, 0.05) is 5.56 Å². The minimum atomic E-state index is -0.864. The normalized spacial score (nSPS) is 12.0. The van der Waals surface area contributed by atoms with Gasteiger partial charge < -0.3 is 14.6 Å². The highest BCUT2D eigenvalue weighted by Crippen LogP contribution is 2.31. The average molecular weight is 342 g/mol. The molecule has 4 nitrogen and oxygen atoms in total. The second-order valence-electron chi connectivity index (χ2n) is 6.69. The third kappa shape index (κ3) is 5.24. The SMILES string of the molecule is COc1ccc(C)cc1C(Cc1cccc(OCC(C)C)c1)C(=O)O. The van der Waals surface area contributed by atoms with Gasteiger partial charge in [-0.15, -0.1) is 0 Å². The molecule has 0 aliphatic heterocycles. The fourth-order valence-corrected chi connectivity index (χ4v) is 2.72. The van der Waals surface area contributed by atoms with Crippen LogP contribution in [0.4, 0.5) is 0 Å². The van der Waals surface area contributed by atoms with Gasteiger partial charge in [-0.3, -0.25) is 4.79 Å². The smallest absolute Gasteiger partial charge is 0.311 e. The van der Waals surface area contributed by atoms with Crippen molar-refractivity contribution < 1.29 is 19.4 Å². The second-order valence-corrected chi connectivity index (χ2v) is 6.69. The lowest BCUT2D eigenvalue weighted by molar-refractivity contribution is -0.138. The Balaban J connectivity index is 2.27. The van der Waals surface area contributed by atoms with E-state index in [9.17, 15) is 9.90 Å². The van der Waals surface area contributed by atoms with Crippen LogP contribution in [0.5, 0.6) is 11.5 Å². The van der Waals surface area contributed by atoms with E-state index in [0.29, 0.717) is 30.3 Å². The lowest BCUT2D eigenvalue weighted by atomic mass is 9.90. The van der Waals surface area contributed by atoms with Crippen molar-refractivity contribution in [1.82, 2.24) is 0 Å². The van der Waals surface area contributed by atoms with Crippen molar-refractivity contribution in [2.75, 3.05) is 13.7 Å². The first-order valence-electron chi connectivity index (χ1n) is 8.49. The fraction of sp³-hybridized carbons (Fsp3) is 0.381. The highest BCUT2D eigenvalue weighted by Gasteiger charge is 2.24. The predicted octanol–water partition coefficient (Wildman–Crippen LogP) is 4.45. The van der Waals surface area contributed by atoms with Crippen molar-refractivity contribution in [3.05, 3.63) is 59.2 Å². The summed E-state index contributed by atoms with van der Waals surface area (Å²) in [6, 6.07) is 13.3. The summed E-state index contributed by atoms with van der Waals surface area (Å²) in [6.45, 7) is 6.77. The maximum absolute atomic E-state index is 11.9. The summed E-state index contributed by atoms with van der Waals surface area (Å²) < 4.78 is 11.1. The number of methoxy groups -OCH3 is 1. The summed E-state index contributed by atoms with van der Waals surface area (Å²) >= 11 is 0. The molecule has 2 aromatic rings. The van der Waals surface area contributed by atoms with Gasteiger partial charge in [-0.05, 0) is 43.0 Å². The molecule has 0 fully saturated rings. The van der Waals surface area contributed by atoms with Gasteiger partial charge in [-0.1, -0.05) is 43.7 Å². The topological polar surface area (TPSA) is 55.8 Å². The summed E-state index contributed by atoms with van der Waals surface area (Å²) in [5.74, 6) is 0.274. The molecule has 0 aliphatic rings. The van der Waals surface area contributed by atoms with Gasteiger partial charge in [0.15, 0.2) is 0 Å². The van der Waals surface area contributed by atoms with Crippen LogP contribution >= 0.6 is 0 Å². The van der Waals surface area contributed by atoms with E-state index in [2.05, 4.69) is 13.8 Å². The van der Waals surface area contributed by atoms with Gasteiger partial charge in [0.2, 0.25) is 0 Å². The number of carboxylic acids is 1. The third-order valence-electron chi connectivity index (χ3n) is 3.98. The Hall–Kier alpha value is -2.49. The average Bonchev–Trinajstić information content (AvgIpc) is 2.58. The minimum absolute atomic E-state index is 0.383. The zero-order valence-electron chi connectivity index (χ0n) is 15.3. The van der Waals surface area contributed by atoms with Crippen LogP contribution in [0.3, 0.4) is 0 Å². The van der Waals surface area contributed by atoms with Crippen molar-refractivity contribution in [2.45, 2.75) is 33.1 Å². The first-order chi connectivity index (χ1) is 11.9. The highest BCUT2D eigenvalue weighted by molar-refractivity contribution is 5.78. The van der Waals surface area contributed by atoms with Crippen molar-refractivity contribution in [3.8, 4) is 11.5 Å². The Labute approximate surface area is 149 Å². The number of hydrogen-bond donors (Lipinski definition) is 1. The first-order valence-corrected chi connectivity index (χ1v) is 8.49. The molecule has 1 N–H and O–H groups in total. The van der Waals surface area contributed by atoms with E-state index in [4.69, 9.17) is 9.47 Å². The molecule has 0 spiro atoms. The predicted molar refractivity (Wildman–Crippen MR) is 98.6 cm³/mol. The van der Waals surface area contributed by atoms with Gasteiger partial charge in [-0.25, -0.2) is 0 Å². The van der Waals surface area contributed by atoms with Crippen LogP contribution in [0.2, 0.25) is 0 Å². The monoisotopic (exact) mass is 342 g/mol. The molecule has 0 saturated carbocycles. The molecule has 0 bridgehead atoms. The Morgan fingerprint density at radius 1 is 1.16 bits per heavy atom. The van der Waals surface area contributed by atoms with Gasteiger partial charge >= 0.3 is 5.97 Å². The molecule has 0 radical (unpaired) electrons. The number of carbonyl (C=O) groups is 1. The van der Waals surface area contributed by atoms with Crippen LogP contribution < -0.4 is 9.47 Å². The molecule has 4 heteroatoms. The van der Waals surface area contributed by atoms with Crippen LogP contribution in [0.25, 0.3) is 0 Å². The van der Waals surface area contributed by atoms with Crippen molar-refractivity contribution in [2.24, 2.45) is 5.92 Å². The molecule has 25 heavy (non-hydrogen) atoms. The summed E-state index contributed by atoms with van der Waals surface area (Å²) in [5.41, 5.74) is 2.64. The lowest BCUT2D eigenvalue weighted by Gasteiger charge is -2.17. The maximum atomic E-state index is 11.9. The van der Waals surface area contributed by atoms with Crippen LogP contribution in [0.1, 0.15) is 36.5 Å². The third-order valence-corrected chi connectivity index (χ3v) is 3.98. The van der Waals surface area contributed by atoms with E-state index in [-0.39, 0.29) is 0 Å². The second kappa shape index (κ2) is 8.56. The zero-order chi connectivity index (χ0) is 18.4. The zero-order valence-corrected chi connectivity index (χ0v) is 15.3. The number of benzene rings is 2. The van der Waals surface area contributed by atoms with Gasteiger partial charge in [0.25, 0.3) is 0 Å². The van der Waals surface area contributed by atoms with Crippen LogP contribution in [0, 0.1) is 12.8 Å². The van der Waals surface area contributed by atoms with Gasteiger partial charge in [0.1, 0.15) is 11.5 Å². The van der Waals surface area contributed by atoms with E-state index in [1.165, 1.54) is 0 Å². The molecule has 0 aromatic heterocycles. The Morgan fingerprint density at radius 2 is 1.92 bits per heavy atom. The van der Waals surface area contributed by atoms with Crippen molar-refractivity contribution >= 4 is 5.97 Å². The number of aliphatic carboxylic acids is 1. The Kier molecular flexibility index (Phi) is 6.45. The molecular weight excluding hydrogens is 316 g/mol. The largest absolute Gasteiger partial charge is 0.496 e. The summed E-state index contributed by atoms with van der Waals surface area (Å²) in [7, 11) is 1.56. The molecule has 0 aliphatic carbocycles. The summed E-state index contributed by atoms with van der Waals surface area (Å²) in [6.07, 6.45) is 0.383. The number of ether oxygens (including phenoxy) is 2. The summed E-state index contributed by atoms with van der Waals surface area (Å²) in [4.78, 5) is 11.9. The van der Waals surface area contributed by atoms with E-state index >= 15 is 0 Å². The fourth-order valence-electron chi connectivity index (χ4n) is 2.72. The quantitative estimate of drug-likeness (QED) is 0.770. The van der Waals surface area contributed by atoms with E-state index < -0.39 is 11.9 Å². The standard InChI is InChI=1S/C21H26O4/c1-14(2)13-25-17-7-5-6-16(11-17)12-19(21(22)23)18-10-15(3)8-9-20(18)24-4/h5-11,14,19H,12-13H2,1-4H3,(H,22,23). The van der Waals surface area contributed by atoms with Crippen LogP contribution in [-0.4, -0.2) is 24.8 Å². The molecule has 1 unspecified atom stereocenters. The Bertz CT molecular complexity index is 722. The maximum Gasteiger partial charge on any atom is 0.311 e. The van der Waals surface area contributed by atoms with Crippen LogP contribution in [0.15, 0.2) is 42.5 Å². The molecule has 0 amide bonds. The van der Waals surface area contributed by atoms with Gasteiger partial charge in [0.05, 0.1) is 19.6 Å². The Morgan fingerprint density at radius 3 is 2.56 bits per heavy atom. The molecule has 134 valence electrons. The molecule has 2 rings (SSSR count). The van der Waals surface area contributed by atoms with Crippen LogP contribution in [-0.2, 0) is 11.2 Å². The van der Waals surface area contributed by atoms with E-state index in [1.807, 2.05) is 49.4 Å². The van der Waals surface area contributed by atoms with E-state index in [1.54, 1.807) is 7.11 Å². The molecule has 2 aromatic carbocycles. The van der Waals surface area contributed by atoms with Crippen molar-refractivity contribution in [3.63, 3.8) is 0 Å². The van der Waals surface area contributed by atoms with E-state index in [0.717, 1.165) is 16.9 Å².